The van der Waals surface area contributed by atoms with E-state index in [0.29, 0.717) is 17.9 Å². The van der Waals surface area contributed by atoms with Crippen molar-refractivity contribution < 1.29 is 9.52 Å². The molecule has 0 bridgehead atoms. The lowest BCUT2D eigenvalue weighted by Crippen LogP contribution is -2.58. The SMILES string of the molecule is CCC1CN(c2nc(O)c(-c3nnc(N)o3)nc2Cl)CCN1C1CCN(Cc2ccc(Cl)cc2)CC1. The molecule has 0 amide bonds. The van der Waals surface area contributed by atoms with Crippen LogP contribution in [0.1, 0.15) is 31.7 Å². The predicted octanol–water partition coefficient (Wildman–Crippen LogP) is 3.69. The lowest BCUT2D eigenvalue weighted by molar-refractivity contribution is 0.0610. The summed E-state index contributed by atoms with van der Waals surface area (Å²) in [7, 11) is 0. The topological polar surface area (TPSA) is 121 Å². The summed E-state index contributed by atoms with van der Waals surface area (Å²) < 4.78 is 5.16. The first-order valence-corrected chi connectivity index (χ1v) is 13.0. The number of rotatable bonds is 6. The molecule has 36 heavy (non-hydrogen) atoms. The van der Waals surface area contributed by atoms with Crippen LogP contribution >= 0.6 is 23.2 Å². The van der Waals surface area contributed by atoms with E-state index in [0.717, 1.165) is 63.6 Å². The molecule has 10 nitrogen and oxygen atoms in total. The van der Waals surface area contributed by atoms with Gasteiger partial charge in [0.2, 0.25) is 5.88 Å². The van der Waals surface area contributed by atoms with Crippen molar-refractivity contribution in [3.8, 4) is 17.5 Å². The molecule has 2 fully saturated rings. The number of likely N-dealkylation sites (tertiary alicyclic amines) is 1. The van der Waals surface area contributed by atoms with Crippen LogP contribution in [0, 0.1) is 0 Å². The third-order valence-electron chi connectivity index (χ3n) is 7.11. The summed E-state index contributed by atoms with van der Waals surface area (Å²) in [5, 5.41) is 18.8. The van der Waals surface area contributed by atoms with Crippen LogP contribution in [0.4, 0.5) is 11.8 Å². The Bertz CT molecular complexity index is 1180. The number of benzene rings is 1. The van der Waals surface area contributed by atoms with Crippen molar-refractivity contribution in [2.75, 3.05) is 43.4 Å². The van der Waals surface area contributed by atoms with Gasteiger partial charge in [-0.2, -0.15) is 4.98 Å². The highest BCUT2D eigenvalue weighted by Crippen LogP contribution is 2.34. The van der Waals surface area contributed by atoms with Gasteiger partial charge in [-0.05, 0) is 50.0 Å². The van der Waals surface area contributed by atoms with Crippen LogP contribution in [0.25, 0.3) is 11.6 Å². The lowest BCUT2D eigenvalue weighted by atomic mass is 9.98. The van der Waals surface area contributed by atoms with Crippen LogP contribution in [0.2, 0.25) is 10.2 Å². The highest BCUT2D eigenvalue weighted by atomic mass is 35.5. The number of nitrogen functional groups attached to an aromatic ring is 1. The third kappa shape index (κ3) is 5.36. The Kier molecular flexibility index (Phi) is 7.47. The minimum absolute atomic E-state index is 0.0176. The fraction of sp³-hybridized carbons (Fsp3) is 0.500. The number of aromatic hydroxyl groups is 1. The van der Waals surface area contributed by atoms with Gasteiger partial charge < -0.3 is 20.2 Å². The second-order valence-electron chi connectivity index (χ2n) is 9.34. The number of piperidine rings is 1. The van der Waals surface area contributed by atoms with Crippen molar-refractivity contribution in [3.63, 3.8) is 0 Å². The summed E-state index contributed by atoms with van der Waals surface area (Å²) in [5.74, 6) is 0.118. The largest absolute Gasteiger partial charge is 0.492 e. The zero-order valence-corrected chi connectivity index (χ0v) is 21.7. The minimum atomic E-state index is -0.318. The molecule has 0 saturated carbocycles. The molecule has 2 aromatic heterocycles. The van der Waals surface area contributed by atoms with E-state index in [1.165, 1.54) is 5.56 Å². The van der Waals surface area contributed by atoms with E-state index in [-0.39, 0.29) is 28.6 Å². The summed E-state index contributed by atoms with van der Waals surface area (Å²) >= 11 is 12.5. The quantitative estimate of drug-likeness (QED) is 0.485. The normalized spacial score (nSPS) is 20.2. The Balaban J connectivity index is 1.21. The molecular formula is C24H30Cl2N8O2. The van der Waals surface area contributed by atoms with E-state index in [4.69, 9.17) is 33.4 Å². The summed E-state index contributed by atoms with van der Waals surface area (Å²) in [5.41, 5.74) is 6.80. The van der Waals surface area contributed by atoms with Gasteiger partial charge in [-0.1, -0.05) is 47.4 Å². The van der Waals surface area contributed by atoms with Crippen molar-refractivity contribution >= 4 is 35.0 Å². The second kappa shape index (κ2) is 10.8. The van der Waals surface area contributed by atoms with Crippen molar-refractivity contribution in [2.24, 2.45) is 0 Å². The average Bonchev–Trinajstić information content (AvgIpc) is 3.32. The molecule has 5 rings (SSSR count). The predicted molar refractivity (Wildman–Crippen MR) is 139 cm³/mol. The number of hydrogen-bond donors (Lipinski definition) is 2. The standard InChI is InChI=1S/C24H30Cl2N8O2/c1-2-17-14-33(21-20(26)28-19(22(35)29-21)23-30-31-24(27)36-23)11-12-34(17)18-7-9-32(10-8-18)13-15-3-5-16(25)6-4-15/h3-6,17-18H,2,7-14H2,1H3,(H2,27,31)(H,29,35). The van der Waals surface area contributed by atoms with Gasteiger partial charge in [0.05, 0.1) is 0 Å². The molecule has 12 heteroatoms. The Hall–Kier alpha value is -2.66. The second-order valence-corrected chi connectivity index (χ2v) is 10.1. The number of hydrogen-bond acceptors (Lipinski definition) is 10. The molecule has 1 unspecified atom stereocenters. The number of piperazine rings is 1. The molecule has 3 N–H and O–H groups in total. The first kappa shape index (κ1) is 25.0. The van der Waals surface area contributed by atoms with E-state index in [9.17, 15) is 5.11 Å². The van der Waals surface area contributed by atoms with Gasteiger partial charge in [-0.25, -0.2) is 4.98 Å². The molecular weight excluding hydrogens is 503 g/mol. The highest BCUT2D eigenvalue weighted by molar-refractivity contribution is 6.32. The molecule has 1 aromatic carbocycles. The first-order valence-electron chi connectivity index (χ1n) is 12.2. The zero-order chi connectivity index (χ0) is 25.2. The summed E-state index contributed by atoms with van der Waals surface area (Å²) in [6, 6.07) is 8.93. The first-order chi connectivity index (χ1) is 17.4. The number of nitrogens with two attached hydrogens (primary N) is 1. The van der Waals surface area contributed by atoms with Crippen LogP contribution in [-0.2, 0) is 6.54 Å². The van der Waals surface area contributed by atoms with Gasteiger partial charge in [0.1, 0.15) is 0 Å². The van der Waals surface area contributed by atoms with E-state index in [1.807, 2.05) is 12.1 Å². The van der Waals surface area contributed by atoms with Crippen molar-refractivity contribution in [2.45, 2.75) is 44.8 Å². The molecule has 192 valence electrons. The lowest BCUT2D eigenvalue weighted by Gasteiger charge is -2.47. The van der Waals surface area contributed by atoms with Gasteiger partial charge in [-0.3, -0.25) is 9.80 Å². The number of anilines is 2. The maximum Gasteiger partial charge on any atom is 0.313 e. The number of aromatic nitrogens is 4. The van der Waals surface area contributed by atoms with Gasteiger partial charge in [0, 0.05) is 43.3 Å². The molecule has 2 aliphatic rings. The van der Waals surface area contributed by atoms with Crippen LogP contribution < -0.4 is 10.6 Å². The average molecular weight is 533 g/mol. The number of halogens is 2. The van der Waals surface area contributed by atoms with E-state index >= 15 is 0 Å². The van der Waals surface area contributed by atoms with Gasteiger partial charge >= 0.3 is 6.01 Å². The van der Waals surface area contributed by atoms with Crippen molar-refractivity contribution in [3.05, 3.63) is 40.0 Å². The Labute approximate surface area is 220 Å². The van der Waals surface area contributed by atoms with E-state index in [2.05, 4.69) is 53.9 Å². The molecule has 0 aliphatic carbocycles. The van der Waals surface area contributed by atoms with E-state index < -0.39 is 0 Å². The molecule has 1 atom stereocenters. The van der Waals surface area contributed by atoms with Crippen molar-refractivity contribution in [1.82, 2.24) is 30.0 Å². The van der Waals surface area contributed by atoms with Gasteiger partial charge in [0.25, 0.3) is 5.89 Å². The smallest absolute Gasteiger partial charge is 0.313 e. The third-order valence-corrected chi connectivity index (χ3v) is 7.61. The van der Waals surface area contributed by atoms with Gasteiger partial charge in [-0.15, -0.1) is 5.10 Å². The zero-order valence-electron chi connectivity index (χ0n) is 20.1. The van der Waals surface area contributed by atoms with Crippen LogP contribution in [-0.4, -0.2) is 79.9 Å². The summed E-state index contributed by atoms with van der Waals surface area (Å²) in [6.45, 7) is 7.76. The molecule has 2 aliphatic heterocycles. The molecule has 0 radical (unpaired) electrons. The maximum absolute atomic E-state index is 10.5. The molecule has 3 aromatic rings. The van der Waals surface area contributed by atoms with Gasteiger partial charge in [0.15, 0.2) is 16.7 Å². The summed E-state index contributed by atoms with van der Waals surface area (Å²) in [4.78, 5) is 15.9. The Morgan fingerprint density at radius 2 is 1.81 bits per heavy atom. The molecule has 0 spiro atoms. The maximum atomic E-state index is 10.5. The Morgan fingerprint density at radius 1 is 1.06 bits per heavy atom. The van der Waals surface area contributed by atoms with Crippen LogP contribution in [0.3, 0.4) is 0 Å². The fourth-order valence-electron chi connectivity index (χ4n) is 5.24. The van der Waals surface area contributed by atoms with Crippen LogP contribution in [0.5, 0.6) is 5.88 Å². The van der Waals surface area contributed by atoms with Crippen molar-refractivity contribution in [1.29, 1.82) is 0 Å². The van der Waals surface area contributed by atoms with E-state index in [1.54, 1.807) is 0 Å². The molecule has 4 heterocycles. The summed E-state index contributed by atoms with van der Waals surface area (Å²) in [6.07, 6.45) is 3.30. The monoisotopic (exact) mass is 532 g/mol. The van der Waals surface area contributed by atoms with Crippen LogP contribution in [0.15, 0.2) is 28.7 Å². The Morgan fingerprint density at radius 3 is 2.47 bits per heavy atom. The minimum Gasteiger partial charge on any atom is -0.492 e. The highest BCUT2D eigenvalue weighted by Gasteiger charge is 2.34. The molecule has 2 saturated heterocycles. The number of nitrogens with zero attached hydrogens (tertiary/aromatic N) is 7. The fourth-order valence-corrected chi connectivity index (χ4v) is 5.61.